The Labute approximate surface area is 81.1 Å². The quantitative estimate of drug-likeness (QED) is 0.381. The second-order valence-electron chi connectivity index (χ2n) is 2.93. The van der Waals surface area contributed by atoms with Crippen LogP contribution in [0.1, 0.15) is 0 Å². The van der Waals surface area contributed by atoms with Crippen LogP contribution in [-0.2, 0) is 4.79 Å². The maximum atomic E-state index is 10.2. The fraction of sp³-hybridized carbons (Fsp3) is 0.200. The molecule has 0 aromatic heterocycles. The number of nitriles is 1. The van der Waals surface area contributed by atoms with Crippen molar-refractivity contribution in [2.24, 2.45) is 5.92 Å². The summed E-state index contributed by atoms with van der Waals surface area (Å²) in [6.45, 7) is 0. The SMILES string of the molecule is N#CC1(O)C=CC(/C=C/C(=O)O)C=C1. The lowest BCUT2D eigenvalue weighted by Crippen LogP contribution is -2.22. The minimum atomic E-state index is -1.55. The summed E-state index contributed by atoms with van der Waals surface area (Å²) in [5, 5.41) is 26.3. The number of aliphatic carboxylic acids is 1. The van der Waals surface area contributed by atoms with E-state index in [1.165, 1.54) is 18.2 Å². The van der Waals surface area contributed by atoms with Crippen LogP contribution in [0.4, 0.5) is 0 Å². The zero-order valence-electron chi connectivity index (χ0n) is 7.29. The van der Waals surface area contributed by atoms with Gasteiger partial charge in [-0.3, -0.25) is 0 Å². The van der Waals surface area contributed by atoms with Crippen molar-refractivity contribution in [2.45, 2.75) is 5.60 Å². The molecule has 4 nitrogen and oxygen atoms in total. The Morgan fingerprint density at radius 1 is 1.50 bits per heavy atom. The predicted molar refractivity (Wildman–Crippen MR) is 49.1 cm³/mol. The monoisotopic (exact) mass is 191 g/mol. The lowest BCUT2D eigenvalue weighted by atomic mass is 9.93. The van der Waals surface area contributed by atoms with E-state index in [0.717, 1.165) is 6.08 Å². The minimum Gasteiger partial charge on any atom is -0.478 e. The van der Waals surface area contributed by atoms with Crippen molar-refractivity contribution in [3.05, 3.63) is 36.5 Å². The van der Waals surface area contributed by atoms with Gasteiger partial charge in [0.15, 0.2) is 5.60 Å². The topological polar surface area (TPSA) is 81.3 Å². The van der Waals surface area contributed by atoms with Gasteiger partial charge in [0.05, 0.1) is 0 Å². The third-order valence-electron chi connectivity index (χ3n) is 1.79. The number of aliphatic hydroxyl groups is 1. The van der Waals surface area contributed by atoms with Crippen LogP contribution in [0.25, 0.3) is 0 Å². The highest BCUT2D eigenvalue weighted by molar-refractivity contribution is 5.79. The number of carboxylic acids is 1. The molecule has 0 bridgehead atoms. The van der Waals surface area contributed by atoms with Gasteiger partial charge in [-0.1, -0.05) is 18.2 Å². The highest BCUT2D eigenvalue weighted by Gasteiger charge is 2.21. The number of hydrogen-bond acceptors (Lipinski definition) is 3. The van der Waals surface area contributed by atoms with Crippen molar-refractivity contribution in [3.8, 4) is 6.07 Å². The first-order valence-electron chi connectivity index (χ1n) is 3.99. The molecule has 0 atom stereocenters. The van der Waals surface area contributed by atoms with Crippen LogP contribution in [0.5, 0.6) is 0 Å². The lowest BCUT2D eigenvalue weighted by molar-refractivity contribution is -0.131. The standard InChI is InChI=1S/C10H9NO3/c11-7-10(14)5-3-8(4-6-10)1-2-9(12)13/h1-6,8,14H,(H,12,13)/b2-1+. The molecule has 2 N–H and O–H groups in total. The van der Waals surface area contributed by atoms with Crippen LogP contribution in [-0.4, -0.2) is 21.8 Å². The predicted octanol–water partition coefficient (Wildman–Crippen LogP) is 0.624. The molecule has 1 rings (SSSR count). The summed E-state index contributed by atoms with van der Waals surface area (Å²) in [4.78, 5) is 10.2. The molecule has 0 unspecified atom stereocenters. The van der Waals surface area contributed by atoms with Gasteiger partial charge in [0.2, 0.25) is 0 Å². The molecule has 0 saturated heterocycles. The Morgan fingerprint density at radius 2 is 2.07 bits per heavy atom. The molecular weight excluding hydrogens is 182 g/mol. The molecule has 0 spiro atoms. The van der Waals surface area contributed by atoms with Gasteiger partial charge in [-0.05, 0) is 12.2 Å². The van der Waals surface area contributed by atoms with Gasteiger partial charge in [0.1, 0.15) is 6.07 Å². The molecule has 0 heterocycles. The average molecular weight is 191 g/mol. The molecule has 72 valence electrons. The molecule has 0 aliphatic heterocycles. The van der Waals surface area contributed by atoms with E-state index in [0.29, 0.717) is 0 Å². The number of nitrogens with zero attached hydrogens (tertiary/aromatic N) is 1. The first-order valence-corrected chi connectivity index (χ1v) is 3.99. The van der Waals surface area contributed by atoms with Crippen molar-refractivity contribution in [3.63, 3.8) is 0 Å². The highest BCUT2D eigenvalue weighted by atomic mass is 16.4. The fourth-order valence-corrected chi connectivity index (χ4v) is 1.03. The lowest BCUT2D eigenvalue weighted by Gasteiger charge is -2.16. The Morgan fingerprint density at radius 3 is 2.50 bits per heavy atom. The van der Waals surface area contributed by atoms with Gasteiger partial charge < -0.3 is 10.2 Å². The second kappa shape index (κ2) is 3.90. The second-order valence-corrected chi connectivity index (χ2v) is 2.93. The summed E-state index contributed by atoms with van der Waals surface area (Å²) in [7, 11) is 0. The smallest absolute Gasteiger partial charge is 0.328 e. The number of hydrogen-bond donors (Lipinski definition) is 2. The molecule has 0 aromatic carbocycles. The van der Waals surface area contributed by atoms with E-state index in [1.54, 1.807) is 18.2 Å². The van der Waals surface area contributed by atoms with Crippen molar-refractivity contribution < 1.29 is 15.0 Å². The summed E-state index contributed by atoms with van der Waals surface area (Å²) < 4.78 is 0. The molecule has 0 amide bonds. The first kappa shape index (κ1) is 10.2. The maximum absolute atomic E-state index is 10.2. The number of rotatable bonds is 2. The van der Waals surface area contributed by atoms with Crippen LogP contribution < -0.4 is 0 Å². The van der Waals surface area contributed by atoms with Crippen molar-refractivity contribution in [1.29, 1.82) is 5.26 Å². The van der Waals surface area contributed by atoms with Gasteiger partial charge in [-0.25, -0.2) is 4.79 Å². The van der Waals surface area contributed by atoms with E-state index in [4.69, 9.17) is 10.4 Å². The summed E-state index contributed by atoms with van der Waals surface area (Å²) in [6.07, 6.45) is 8.31. The molecule has 4 heteroatoms. The Kier molecular flexibility index (Phi) is 2.85. The summed E-state index contributed by atoms with van der Waals surface area (Å²) in [5.41, 5.74) is -1.55. The van der Waals surface area contributed by atoms with E-state index >= 15 is 0 Å². The van der Waals surface area contributed by atoms with Crippen LogP contribution >= 0.6 is 0 Å². The van der Waals surface area contributed by atoms with Crippen LogP contribution in [0.2, 0.25) is 0 Å². The molecule has 1 aliphatic carbocycles. The van der Waals surface area contributed by atoms with E-state index in [-0.39, 0.29) is 5.92 Å². The van der Waals surface area contributed by atoms with Gasteiger partial charge >= 0.3 is 5.97 Å². The molecule has 14 heavy (non-hydrogen) atoms. The summed E-state index contributed by atoms with van der Waals surface area (Å²) in [5.74, 6) is -1.20. The zero-order valence-corrected chi connectivity index (χ0v) is 7.29. The normalized spacial score (nSPS) is 30.4. The van der Waals surface area contributed by atoms with E-state index < -0.39 is 11.6 Å². The fourth-order valence-electron chi connectivity index (χ4n) is 1.03. The molecule has 0 saturated carbocycles. The van der Waals surface area contributed by atoms with Crippen molar-refractivity contribution in [2.75, 3.05) is 0 Å². The molecule has 0 radical (unpaired) electrons. The number of carbonyl (C=O) groups is 1. The average Bonchev–Trinajstić information content (AvgIpc) is 2.17. The van der Waals surface area contributed by atoms with Gasteiger partial charge in [-0.2, -0.15) is 5.26 Å². The third-order valence-corrected chi connectivity index (χ3v) is 1.79. The third kappa shape index (κ3) is 2.57. The van der Waals surface area contributed by atoms with Gasteiger partial charge in [0, 0.05) is 12.0 Å². The highest BCUT2D eigenvalue weighted by Crippen LogP contribution is 2.18. The first-order chi connectivity index (χ1) is 6.56. The Hall–Kier alpha value is -1.86. The van der Waals surface area contributed by atoms with Crippen LogP contribution in [0, 0.1) is 17.2 Å². The van der Waals surface area contributed by atoms with Gasteiger partial charge in [0.25, 0.3) is 0 Å². The van der Waals surface area contributed by atoms with Crippen molar-refractivity contribution >= 4 is 5.97 Å². The van der Waals surface area contributed by atoms with E-state index in [2.05, 4.69) is 0 Å². The Balaban J connectivity index is 2.68. The molecule has 0 fully saturated rings. The van der Waals surface area contributed by atoms with Crippen LogP contribution in [0.15, 0.2) is 36.5 Å². The number of carboxylic acid groups (broad SMARTS) is 1. The summed E-state index contributed by atoms with van der Waals surface area (Å²) >= 11 is 0. The largest absolute Gasteiger partial charge is 0.478 e. The van der Waals surface area contributed by atoms with E-state index in [1.807, 2.05) is 0 Å². The number of allylic oxidation sites excluding steroid dienone is 3. The molecule has 0 aromatic rings. The Bertz CT molecular complexity index is 346. The molecule has 1 aliphatic rings. The molecular formula is C10H9NO3. The minimum absolute atomic E-state index is 0.181. The van der Waals surface area contributed by atoms with Crippen LogP contribution in [0.3, 0.4) is 0 Å². The van der Waals surface area contributed by atoms with E-state index in [9.17, 15) is 9.90 Å². The maximum Gasteiger partial charge on any atom is 0.328 e. The van der Waals surface area contributed by atoms with Gasteiger partial charge in [-0.15, -0.1) is 0 Å². The van der Waals surface area contributed by atoms with Crippen molar-refractivity contribution in [1.82, 2.24) is 0 Å². The zero-order chi connectivity index (χ0) is 10.6. The summed E-state index contributed by atoms with van der Waals surface area (Å²) in [6, 6.07) is 1.71.